The number of halogens is 1. The molecule has 10 heteroatoms. The Kier molecular flexibility index (Phi) is 6.32. The zero-order valence-corrected chi connectivity index (χ0v) is 20.0. The van der Waals surface area contributed by atoms with E-state index in [1.165, 1.54) is 22.4 Å². The number of nitrogens with zero attached hydrogens (tertiary/aromatic N) is 6. The quantitative estimate of drug-likeness (QED) is 0.426. The van der Waals surface area contributed by atoms with Gasteiger partial charge in [-0.2, -0.15) is 10.1 Å². The smallest absolute Gasteiger partial charge is 0.316 e. The fourth-order valence-electron chi connectivity index (χ4n) is 4.15. The molecule has 3 heterocycles. The van der Waals surface area contributed by atoms with E-state index in [0.717, 1.165) is 11.1 Å². The predicted molar refractivity (Wildman–Crippen MR) is 131 cm³/mol. The topological polar surface area (TPSA) is 97.4 Å². The Balaban J connectivity index is 1.26. The molecule has 9 nitrogen and oxygen atoms in total. The average Bonchev–Trinajstić information content (AvgIpc) is 3.35. The second-order valence-electron chi connectivity index (χ2n) is 8.76. The van der Waals surface area contributed by atoms with E-state index in [9.17, 15) is 14.0 Å². The molecule has 1 aliphatic rings. The number of anilines is 1. The van der Waals surface area contributed by atoms with Crippen molar-refractivity contribution in [2.24, 2.45) is 0 Å². The summed E-state index contributed by atoms with van der Waals surface area (Å²) in [6, 6.07) is 15.7. The lowest BCUT2D eigenvalue weighted by Crippen LogP contribution is -2.49. The van der Waals surface area contributed by atoms with Crippen molar-refractivity contribution in [3.05, 3.63) is 93.6 Å². The summed E-state index contributed by atoms with van der Waals surface area (Å²) in [6.45, 7) is 5.78. The molecule has 1 aliphatic heterocycles. The minimum atomic E-state index is -0.397. The normalized spacial score (nSPS) is 13.8. The van der Waals surface area contributed by atoms with E-state index < -0.39 is 5.91 Å². The molecule has 0 aliphatic carbocycles. The first-order valence-electron chi connectivity index (χ1n) is 11.7. The third-order valence-electron chi connectivity index (χ3n) is 6.37. The molecule has 1 fully saturated rings. The zero-order chi connectivity index (χ0) is 25.2. The second kappa shape index (κ2) is 9.73. The number of benzene rings is 2. The standard InChI is InChI=1S/C26H25FN6O3/c1-17-7-8-19(15-18(17)2)21-9-10-24(34)33(29-21)16-23-28-25(36-30-23)26(35)32-13-11-31(12-14-32)22-6-4-3-5-20(22)27/h3-10,15H,11-14,16H2,1-2H3. The summed E-state index contributed by atoms with van der Waals surface area (Å²) in [5, 5.41) is 8.33. The van der Waals surface area contributed by atoms with Crippen LogP contribution in [0.15, 0.2) is 63.9 Å². The molecule has 2 aromatic carbocycles. The third-order valence-corrected chi connectivity index (χ3v) is 6.37. The Labute approximate surface area is 206 Å². The molecule has 0 bridgehead atoms. The van der Waals surface area contributed by atoms with E-state index in [-0.39, 0.29) is 29.6 Å². The maximum Gasteiger partial charge on any atom is 0.316 e. The Morgan fingerprint density at radius 1 is 1.00 bits per heavy atom. The number of aromatic nitrogens is 4. The van der Waals surface area contributed by atoms with Crippen LogP contribution in [0.2, 0.25) is 0 Å². The summed E-state index contributed by atoms with van der Waals surface area (Å²) in [5.41, 5.74) is 4.04. The van der Waals surface area contributed by atoms with Crippen molar-refractivity contribution in [2.45, 2.75) is 20.4 Å². The summed E-state index contributed by atoms with van der Waals surface area (Å²) >= 11 is 0. The van der Waals surface area contributed by atoms with Crippen LogP contribution in [0, 0.1) is 19.7 Å². The van der Waals surface area contributed by atoms with Gasteiger partial charge in [-0.05, 0) is 49.2 Å². The van der Waals surface area contributed by atoms with E-state index in [1.807, 2.05) is 36.9 Å². The van der Waals surface area contributed by atoms with Gasteiger partial charge in [0.25, 0.3) is 5.56 Å². The highest BCUT2D eigenvalue weighted by molar-refractivity contribution is 5.89. The van der Waals surface area contributed by atoms with Crippen LogP contribution < -0.4 is 10.5 Å². The van der Waals surface area contributed by atoms with Gasteiger partial charge < -0.3 is 14.3 Å². The Hall–Kier alpha value is -4.34. The molecule has 2 aromatic heterocycles. The van der Waals surface area contributed by atoms with Crippen molar-refractivity contribution in [1.82, 2.24) is 24.8 Å². The summed E-state index contributed by atoms with van der Waals surface area (Å²) in [7, 11) is 0. The molecule has 36 heavy (non-hydrogen) atoms. The van der Waals surface area contributed by atoms with Crippen LogP contribution in [0.4, 0.5) is 10.1 Å². The molecule has 0 saturated carbocycles. The van der Waals surface area contributed by atoms with Crippen LogP contribution in [0.1, 0.15) is 27.6 Å². The summed E-state index contributed by atoms with van der Waals surface area (Å²) in [6.07, 6.45) is 0. The number of hydrogen-bond donors (Lipinski definition) is 0. The van der Waals surface area contributed by atoms with E-state index in [0.29, 0.717) is 37.6 Å². The average molecular weight is 489 g/mol. The predicted octanol–water partition coefficient (Wildman–Crippen LogP) is 3.06. The van der Waals surface area contributed by atoms with Gasteiger partial charge in [0.1, 0.15) is 12.4 Å². The van der Waals surface area contributed by atoms with Gasteiger partial charge in [0.2, 0.25) is 0 Å². The van der Waals surface area contributed by atoms with Gasteiger partial charge in [-0.25, -0.2) is 9.07 Å². The molecule has 1 saturated heterocycles. The molecule has 0 N–H and O–H groups in total. The monoisotopic (exact) mass is 488 g/mol. The summed E-state index contributed by atoms with van der Waals surface area (Å²) < 4.78 is 20.5. The van der Waals surface area contributed by atoms with Crippen molar-refractivity contribution < 1.29 is 13.7 Å². The lowest BCUT2D eigenvalue weighted by molar-refractivity contribution is 0.0696. The van der Waals surface area contributed by atoms with Gasteiger partial charge >= 0.3 is 11.8 Å². The number of carbonyl (C=O) groups is 1. The van der Waals surface area contributed by atoms with Crippen molar-refractivity contribution in [1.29, 1.82) is 0 Å². The van der Waals surface area contributed by atoms with E-state index in [4.69, 9.17) is 4.52 Å². The van der Waals surface area contributed by atoms with Gasteiger partial charge in [-0.3, -0.25) is 9.59 Å². The van der Waals surface area contributed by atoms with E-state index in [1.54, 1.807) is 29.2 Å². The van der Waals surface area contributed by atoms with Crippen molar-refractivity contribution >= 4 is 11.6 Å². The Morgan fingerprint density at radius 3 is 2.53 bits per heavy atom. The van der Waals surface area contributed by atoms with Gasteiger partial charge in [0, 0.05) is 37.8 Å². The minimum Gasteiger partial charge on any atom is -0.366 e. The van der Waals surface area contributed by atoms with Crippen LogP contribution in [0.25, 0.3) is 11.3 Å². The number of carbonyl (C=O) groups excluding carboxylic acids is 1. The molecular weight excluding hydrogens is 463 g/mol. The van der Waals surface area contributed by atoms with E-state index in [2.05, 4.69) is 15.2 Å². The molecule has 0 unspecified atom stereocenters. The number of para-hydroxylation sites is 1. The second-order valence-corrected chi connectivity index (χ2v) is 8.76. The fourth-order valence-corrected chi connectivity index (χ4v) is 4.15. The van der Waals surface area contributed by atoms with Crippen LogP contribution in [0.5, 0.6) is 0 Å². The summed E-state index contributed by atoms with van der Waals surface area (Å²) in [4.78, 5) is 33.0. The fraction of sp³-hybridized carbons (Fsp3) is 0.269. The van der Waals surface area contributed by atoms with Crippen molar-refractivity contribution in [3.63, 3.8) is 0 Å². The largest absolute Gasteiger partial charge is 0.366 e. The summed E-state index contributed by atoms with van der Waals surface area (Å²) in [5.74, 6) is -0.659. The first-order valence-corrected chi connectivity index (χ1v) is 11.7. The number of aryl methyl sites for hydroxylation is 2. The van der Waals surface area contributed by atoms with E-state index >= 15 is 0 Å². The Morgan fingerprint density at radius 2 is 1.78 bits per heavy atom. The molecule has 0 radical (unpaired) electrons. The Bertz CT molecular complexity index is 1470. The van der Waals surface area contributed by atoms with Crippen LogP contribution in [-0.4, -0.2) is 56.9 Å². The highest BCUT2D eigenvalue weighted by atomic mass is 19.1. The minimum absolute atomic E-state index is 0.0324. The number of rotatable bonds is 5. The van der Waals surface area contributed by atoms with Gasteiger partial charge in [-0.1, -0.05) is 29.4 Å². The van der Waals surface area contributed by atoms with Crippen LogP contribution >= 0.6 is 0 Å². The first-order chi connectivity index (χ1) is 17.4. The number of hydrogen-bond acceptors (Lipinski definition) is 7. The van der Waals surface area contributed by atoms with Gasteiger partial charge in [-0.15, -0.1) is 0 Å². The number of amides is 1. The highest BCUT2D eigenvalue weighted by Crippen LogP contribution is 2.21. The van der Waals surface area contributed by atoms with Crippen molar-refractivity contribution in [3.8, 4) is 11.3 Å². The molecule has 5 rings (SSSR count). The van der Waals surface area contributed by atoms with Gasteiger partial charge in [0.05, 0.1) is 11.4 Å². The van der Waals surface area contributed by atoms with Crippen LogP contribution in [-0.2, 0) is 6.54 Å². The molecule has 0 atom stereocenters. The maximum atomic E-state index is 14.1. The highest BCUT2D eigenvalue weighted by Gasteiger charge is 2.27. The number of piperazine rings is 1. The SMILES string of the molecule is Cc1ccc(-c2ccc(=O)n(Cc3noc(C(=O)N4CCN(c5ccccc5F)CC4)n3)n2)cc1C. The molecular formula is C26H25FN6O3. The third kappa shape index (κ3) is 4.74. The molecule has 4 aromatic rings. The molecule has 0 spiro atoms. The van der Waals surface area contributed by atoms with Gasteiger partial charge in [0.15, 0.2) is 5.82 Å². The zero-order valence-electron chi connectivity index (χ0n) is 20.0. The van der Waals surface area contributed by atoms with Crippen LogP contribution in [0.3, 0.4) is 0 Å². The maximum absolute atomic E-state index is 14.1. The molecule has 1 amide bonds. The first kappa shape index (κ1) is 23.4. The lowest BCUT2D eigenvalue weighted by Gasteiger charge is -2.35. The lowest BCUT2D eigenvalue weighted by atomic mass is 10.0. The molecule has 184 valence electrons. The van der Waals surface area contributed by atoms with Crippen molar-refractivity contribution in [2.75, 3.05) is 31.1 Å².